The highest BCUT2D eigenvalue weighted by Gasteiger charge is 2.09. The van der Waals surface area contributed by atoms with Gasteiger partial charge in [-0.2, -0.15) is 0 Å². The summed E-state index contributed by atoms with van der Waals surface area (Å²) in [6.07, 6.45) is 2.32. The number of benzene rings is 2. The van der Waals surface area contributed by atoms with Crippen molar-refractivity contribution in [3.05, 3.63) is 64.2 Å². The number of hydrogen-bond donors (Lipinski definition) is 3. The number of carbonyl (C=O) groups excluding carboxylic acids is 1. The largest absolute Gasteiger partial charge is 0.489 e. The highest BCUT2D eigenvalue weighted by atomic mass is 32.1. The maximum absolute atomic E-state index is 8.94. The van der Waals surface area contributed by atoms with Crippen molar-refractivity contribution in [3.8, 4) is 16.3 Å². The zero-order valence-corrected chi connectivity index (χ0v) is 17.4. The normalized spacial score (nSPS) is 9.89. The topological polar surface area (TPSA) is 89.3 Å². The third-order valence-corrected chi connectivity index (χ3v) is 5.12. The molecule has 0 saturated heterocycles. The molecule has 1 aromatic heterocycles. The molecule has 3 aromatic rings. The molecule has 0 saturated carbocycles. The molecule has 1 heterocycles. The highest BCUT2D eigenvalue weighted by molar-refractivity contribution is 7.14. The van der Waals surface area contributed by atoms with Crippen LogP contribution in [0.2, 0.25) is 0 Å². The minimum absolute atomic E-state index is 0.403. The van der Waals surface area contributed by atoms with Crippen LogP contribution >= 0.6 is 11.3 Å². The van der Waals surface area contributed by atoms with Gasteiger partial charge < -0.3 is 10.1 Å². The van der Waals surface area contributed by atoms with Crippen molar-refractivity contribution in [1.29, 1.82) is 0 Å². The maximum Gasteiger partial charge on any atom is 0.221 e. The van der Waals surface area contributed by atoms with Gasteiger partial charge in [-0.3, -0.25) is 10.2 Å². The van der Waals surface area contributed by atoms with Crippen molar-refractivity contribution in [3.63, 3.8) is 0 Å². The standard InChI is InChI=1S/C20H22N2OS.CH4N2O/c1-13-6-5-7-18(21-4)17(13)12-23-19-9-8-16(10-14(19)2)20-22-11-15(3)24-20;2-3-1-4/h5-11,21H,12H2,1-4H3;1H,2H2,(H,3,4). The lowest BCUT2D eigenvalue weighted by molar-refractivity contribution is -0.109. The van der Waals surface area contributed by atoms with Gasteiger partial charge in [0.05, 0.1) is 0 Å². The summed E-state index contributed by atoms with van der Waals surface area (Å²) in [5.41, 5.74) is 7.56. The van der Waals surface area contributed by atoms with Gasteiger partial charge in [-0.05, 0) is 56.2 Å². The van der Waals surface area contributed by atoms with E-state index in [1.54, 1.807) is 16.8 Å². The lowest BCUT2D eigenvalue weighted by Gasteiger charge is -2.15. The first-order chi connectivity index (χ1) is 13.5. The fourth-order valence-corrected chi connectivity index (χ4v) is 3.47. The van der Waals surface area contributed by atoms with E-state index in [1.807, 2.05) is 19.3 Å². The van der Waals surface area contributed by atoms with Crippen LogP contribution in [-0.4, -0.2) is 18.4 Å². The first-order valence-electron chi connectivity index (χ1n) is 8.82. The molecule has 0 aliphatic rings. The molecule has 3 rings (SSSR count). The zero-order chi connectivity index (χ0) is 20.5. The SMILES string of the molecule is CNc1cccc(C)c1COc1ccc(-c2ncc(C)s2)cc1C.NNC=O. The minimum Gasteiger partial charge on any atom is -0.489 e. The number of nitrogens with two attached hydrogens (primary N) is 1. The molecule has 0 aliphatic carbocycles. The first kappa shape index (κ1) is 21.4. The summed E-state index contributed by atoms with van der Waals surface area (Å²) in [5.74, 6) is 5.32. The molecule has 4 N–H and O–H groups in total. The fraction of sp³-hybridized carbons (Fsp3) is 0.238. The van der Waals surface area contributed by atoms with E-state index in [2.05, 4.69) is 67.2 Å². The molecule has 2 aromatic carbocycles. The van der Waals surface area contributed by atoms with Crippen LogP contribution in [-0.2, 0) is 11.4 Å². The summed E-state index contributed by atoms with van der Waals surface area (Å²) in [4.78, 5) is 14.6. The predicted octanol–water partition coefficient (Wildman–Crippen LogP) is 3.96. The Morgan fingerprint density at radius 1 is 1.18 bits per heavy atom. The number of rotatable bonds is 6. The highest BCUT2D eigenvalue weighted by Crippen LogP contribution is 2.30. The Morgan fingerprint density at radius 2 is 1.93 bits per heavy atom. The zero-order valence-electron chi connectivity index (χ0n) is 16.6. The lowest BCUT2D eigenvalue weighted by atomic mass is 10.1. The van der Waals surface area contributed by atoms with Gasteiger partial charge >= 0.3 is 0 Å². The average Bonchev–Trinajstić information content (AvgIpc) is 3.14. The number of ether oxygens (including phenoxy) is 1. The van der Waals surface area contributed by atoms with Crippen molar-refractivity contribution < 1.29 is 9.53 Å². The summed E-state index contributed by atoms with van der Waals surface area (Å²) >= 11 is 1.71. The van der Waals surface area contributed by atoms with E-state index >= 15 is 0 Å². The van der Waals surface area contributed by atoms with Crippen LogP contribution in [0.4, 0.5) is 5.69 Å². The average molecular weight is 399 g/mol. The van der Waals surface area contributed by atoms with Crippen LogP contribution in [0.3, 0.4) is 0 Å². The minimum atomic E-state index is 0.403. The van der Waals surface area contributed by atoms with Crippen molar-refractivity contribution in [2.45, 2.75) is 27.4 Å². The lowest BCUT2D eigenvalue weighted by Crippen LogP contribution is -2.18. The predicted molar refractivity (Wildman–Crippen MR) is 115 cm³/mol. The van der Waals surface area contributed by atoms with Crippen LogP contribution in [0.1, 0.15) is 21.6 Å². The smallest absolute Gasteiger partial charge is 0.221 e. The van der Waals surface area contributed by atoms with E-state index in [0.29, 0.717) is 13.0 Å². The van der Waals surface area contributed by atoms with Crippen molar-refractivity contribution >= 4 is 23.4 Å². The van der Waals surface area contributed by atoms with Gasteiger partial charge in [-0.1, -0.05) is 12.1 Å². The van der Waals surface area contributed by atoms with E-state index in [-0.39, 0.29) is 0 Å². The Hall–Kier alpha value is -2.90. The number of thiazole rings is 1. The van der Waals surface area contributed by atoms with Gasteiger partial charge in [0.2, 0.25) is 6.41 Å². The quantitative estimate of drug-likeness (QED) is 0.253. The number of aromatic nitrogens is 1. The van der Waals surface area contributed by atoms with Gasteiger partial charge in [0.25, 0.3) is 0 Å². The van der Waals surface area contributed by atoms with Crippen LogP contribution < -0.4 is 21.3 Å². The third kappa shape index (κ3) is 5.55. The second-order valence-electron chi connectivity index (χ2n) is 6.18. The molecular weight excluding hydrogens is 372 g/mol. The van der Waals surface area contributed by atoms with Gasteiger partial charge in [0.1, 0.15) is 17.4 Å². The summed E-state index contributed by atoms with van der Waals surface area (Å²) in [6.45, 7) is 6.82. The molecule has 0 spiro atoms. The van der Waals surface area contributed by atoms with Crippen molar-refractivity contribution in [1.82, 2.24) is 10.4 Å². The van der Waals surface area contributed by atoms with Crippen molar-refractivity contribution in [2.24, 2.45) is 5.84 Å². The van der Waals surface area contributed by atoms with Crippen molar-refractivity contribution in [2.75, 3.05) is 12.4 Å². The molecule has 0 unspecified atom stereocenters. The summed E-state index contributed by atoms with van der Waals surface area (Å²) in [7, 11) is 1.94. The van der Waals surface area contributed by atoms with Gasteiger partial charge in [0, 0.05) is 34.9 Å². The molecular formula is C21H26N4O2S. The number of nitrogens with zero attached hydrogens (tertiary/aromatic N) is 1. The summed E-state index contributed by atoms with van der Waals surface area (Å²) in [5, 5.41) is 4.29. The fourth-order valence-electron chi connectivity index (χ4n) is 2.71. The number of anilines is 1. The number of carbonyl (C=O) groups is 1. The molecule has 0 aliphatic heterocycles. The van der Waals surface area contributed by atoms with Gasteiger partial charge in [0.15, 0.2) is 0 Å². The van der Waals surface area contributed by atoms with Crippen LogP contribution in [0.15, 0.2) is 42.6 Å². The molecule has 1 amide bonds. The number of aryl methyl sites for hydroxylation is 3. The van der Waals surface area contributed by atoms with Crippen LogP contribution in [0.25, 0.3) is 10.6 Å². The molecule has 7 heteroatoms. The van der Waals surface area contributed by atoms with E-state index in [9.17, 15) is 0 Å². The number of amides is 1. The van der Waals surface area contributed by atoms with E-state index < -0.39 is 0 Å². The maximum atomic E-state index is 8.94. The van der Waals surface area contributed by atoms with Gasteiger partial charge in [-0.15, -0.1) is 11.3 Å². The Balaban J connectivity index is 0.000000640. The van der Waals surface area contributed by atoms with E-state index in [1.165, 1.54) is 16.0 Å². The summed E-state index contributed by atoms with van der Waals surface area (Å²) in [6, 6.07) is 12.5. The molecule has 6 nitrogen and oxygen atoms in total. The van der Waals surface area contributed by atoms with Gasteiger partial charge in [-0.25, -0.2) is 10.8 Å². The molecule has 0 bridgehead atoms. The van der Waals surface area contributed by atoms with Crippen LogP contribution in [0.5, 0.6) is 5.75 Å². The third-order valence-electron chi connectivity index (χ3n) is 4.16. The summed E-state index contributed by atoms with van der Waals surface area (Å²) < 4.78 is 6.09. The Bertz CT molecular complexity index is 925. The van der Waals surface area contributed by atoms with Crippen LogP contribution in [0, 0.1) is 20.8 Å². The molecule has 148 valence electrons. The molecule has 0 atom stereocenters. The van der Waals surface area contributed by atoms with E-state index in [0.717, 1.165) is 27.6 Å². The Labute approximate surface area is 169 Å². The molecule has 0 fully saturated rings. The number of hydrogen-bond acceptors (Lipinski definition) is 6. The first-order valence-corrected chi connectivity index (χ1v) is 9.64. The second-order valence-corrected chi connectivity index (χ2v) is 7.42. The number of hydrazine groups is 1. The monoisotopic (exact) mass is 398 g/mol. The second kappa shape index (κ2) is 10.4. The Kier molecular flexibility index (Phi) is 7.98. The van der Waals surface area contributed by atoms with E-state index in [4.69, 9.17) is 9.53 Å². The Morgan fingerprint density at radius 3 is 2.50 bits per heavy atom. The number of nitrogens with one attached hydrogen (secondary N) is 2. The molecule has 28 heavy (non-hydrogen) atoms. The molecule has 0 radical (unpaired) electrons.